The van der Waals surface area contributed by atoms with Crippen LogP contribution in [-0.2, 0) is 14.3 Å². The van der Waals surface area contributed by atoms with E-state index in [0.717, 1.165) is 57.8 Å². The van der Waals surface area contributed by atoms with E-state index < -0.39 is 12.1 Å². The monoisotopic (exact) mass is 794 g/mol. The highest BCUT2D eigenvalue weighted by molar-refractivity contribution is 5.76. The molecule has 0 aliphatic heterocycles. The van der Waals surface area contributed by atoms with Crippen molar-refractivity contribution in [1.82, 2.24) is 5.32 Å². The summed E-state index contributed by atoms with van der Waals surface area (Å²) in [7, 11) is 0. The van der Waals surface area contributed by atoms with Crippen LogP contribution in [0.3, 0.4) is 0 Å². The van der Waals surface area contributed by atoms with Crippen molar-refractivity contribution < 1.29 is 24.5 Å². The van der Waals surface area contributed by atoms with Crippen LogP contribution in [0, 0.1) is 0 Å². The fraction of sp³-hybridized carbons (Fsp3) is 0.960. The Balaban J connectivity index is 3.42. The van der Waals surface area contributed by atoms with Gasteiger partial charge in [0.05, 0.1) is 25.4 Å². The maximum atomic E-state index is 12.4. The van der Waals surface area contributed by atoms with Crippen molar-refractivity contribution in [3.05, 3.63) is 0 Å². The van der Waals surface area contributed by atoms with Gasteiger partial charge in [-0.2, -0.15) is 0 Å². The molecule has 3 N–H and O–H groups in total. The molecule has 0 aromatic carbocycles. The van der Waals surface area contributed by atoms with Crippen molar-refractivity contribution in [3.8, 4) is 0 Å². The first kappa shape index (κ1) is 54.9. The van der Waals surface area contributed by atoms with E-state index in [1.54, 1.807) is 0 Å². The Morgan fingerprint density at radius 2 is 0.732 bits per heavy atom. The topological polar surface area (TPSA) is 95.9 Å². The van der Waals surface area contributed by atoms with E-state index in [1.165, 1.54) is 193 Å². The standard InChI is InChI=1S/C50H99NO5/c1-3-5-7-9-11-13-15-16-17-18-19-20-21-23-28-32-36-40-44-50(55)56-45-41-37-33-29-25-24-27-31-35-39-43-49(54)51-47(46-52)48(53)42-38-34-30-26-22-14-12-10-8-6-4-2/h47-48,52-53H,3-46H2,1-2H3,(H,51,54). The van der Waals surface area contributed by atoms with E-state index in [-0.39, 0.29) is 18.5 Å². The van der Waals surface area contributed by atoms with Crippen molar-refractivity contribution in [2.45, 2.75) is 296 Å². The molecule has 0 spiro atoms. The van der Waals surface area contributed by atoms with Crippen molar-refractivity contribution in [3.63, 3.8) is 0 Å². The van der Waals surface area contributed by atoms with Crippen molar-refractivity contribution in [2.24, 2.45) is 0 Å². The number of nitrogens with one attached hydrogen (secondary N) is 1. The van der Waals surface area contributed by atoms with E-state index in [1.807, 2.05) is 0 Å². The molecule has 0 rings (SSSR count). The molecule has 56 heavy (non-hydrogen) atoms. The Bertz CT molecular complexity index is 791. The van der Waals surface area contributed by atoms with Crippen LogP contribution >= 0.6 is 0 Å². The third kappa shape index (κ3) is 42.5. The van der Waals surface area contributed by atoms with E-state index in [2.05, 4.69) is 19.2 Å². The predicted molar refractivity (Wildman–Crippen MR) is 241 cm³/mol. The van der Waals surface area contributed by atoms with Crippen LogP contribution in [0.25, 0.3) is 0 Å². The van der Waals surface area contributed by atoms with Crippen LogP contribution in [0.4, 0.5) is 0 Å². The van der Waals surface area contributed by atoms with Crippen molar-refractivity contribution in [1.29, 1.82) is 0 Å². The lowest BCUT2D eigenvalue weighted by Gasteiger charge is -2.22. The highest BCUT2D eigenvalue weighted by Gasteiger charge is 2.20. The highest BCUT2D eigenvalue weighted by Crippen LogP contribution is 2.17. The molecule has 2 atom stereocenters. The van der Waals surface area contributed by atoms with E-state index >= 15 is 0 Å². The van der Waals surface area contributed by atoms with Crippen LogP contribution < -0.4 is 5.32 Å². The molecule has 0 aliphatic carbocycles. The summed E-state index contributed by atoms with van der Waals surface area (Å²) in [5, 5.41) is 23.1. The van der Waals surface area contributed by atoms with Crippen molar-refractivity contribution in [2.75, 3.05) is 13.2 Å². The van der Waals surface area contributed by atoms with Crippen LogP contribution in [0.2, 0.25) is 0 Å². The Kier molecular flexibility index (Phi) is 45.6. The molecule has 0 bridgehead atoms. The zero-order chi connectivity index (χ0) is 40.8. The number of hydrogen-bond acceptors (Lipinski definition) is 5. The molecule has 0 aromatic rings. The van der Waals surface area contributed by atoms with Gasteiger partial charge < -0.3 is 20.3 Å². The molecule has 0 saturated carbocycles. The molecule has 0 saturated heterocycles. The Labute approximate surface area is 349 Å². The van der Waals surface area contributed by atoms with Crippen LogP contribution in [0.1, 0.15) is 284 Å². The number of aliphatic hydroxyl groups excluding tert-OH is 2. The Hall–Kier alpha value is -1.14. The summed E-state index contributed by atoms with van der Waals surface area (Å²) in [6.07, 6.45) is 50.7. The fourth-order valence-electron chi connectivity index (χ4n) is 7.99. The summed E-state index contributed by atoms with van der Waals surface area (Å²) >= 11 is 0. The van der Waals surface area contributed by atoms with Crippen LogP contribution in [0.15, 0.2) is 0 Å². The van der Waals surface area contributed by atoms with Gasteiger partial charge in [-0.25, -0.2) is 0 Å². The van der Waals surface area contributed by atoms with Crippen LogP contribution in [0.5, 0.6) is 0 Å². The van der Waals surface area contributed by atoms with E-state index in [0.29, 0.717) is 25.9 Å². The van der Waals surface area contributed by atoms with Gasteiger partial charge in [-0.3, -0.25) is 9.59 Å². The smallest absolute Gasteiger partial charge is 0.305 e. The third-order valence-electron chi connectivity index (χ3n) is 11.9. The molecule has 0 fully saturated rings. The molecule has 6 heteroatoms. The van der Waals surface area contributed by atoms with Gasteiger partial charge in [-0.15, -0.1) is 0 Å². The molecular formula is C50H99NO5. The summed E-state index contributed by atoms with van der Waals surface area (Å²) in [5.41, 5.74) is 0. The molecule has 0 radical (unpaired) electrons. The SMILES string of the molecule is CCCCCCCCCCCCCCCCCCCCC(=O)OCCCCCCCCCCCCC(=O)NC(CO)C(O)CCCCCCCCCCCCC. The highest BCUT2D eigenvalue weighted by atomic mass is 16.5. The summed E-state index contributed by atoms with van der Waals surface area (Å²) in [6.45, 7) is 4.91. The first-order chi connectivity index (χ1) is 27.5. The van der Waals surface area contributed by atoms with Gasteiger partial charge in [0.2, 0.25) is 5.91 Å². The zero-order valence-corrected chi connectivity index (χ0v) is 37.9. The number of ether oxygens (including phenoxy) is 1. The number of unbranched alkanes of at least 4 members (excludes halogenated alkanes) is 36. The average Bonchev–Trinajstić information content (AvgIpc) is 3.20. The van der Waals surface area contributed by atoms with Crippen molar-refractivity contribution >= 4 is 11.9 Å². The summed E-state index contributed by atoms with van der Waals surface area (Å²) in [6, 6.07) is -0.555. The van der Waals surface area contributed by atoms with Gasteiger partial charge in [-0.1, -0.05) is 245 Å². The lowest BCUT2D eigenvalue weighted by Crippen LogP contribution is -2.45. The number of carbonyl (C=O) groups is 2. The number of carbonyl (C=O) groups excluding carboxylic acids is 2. The van der Waals surface area contributed by atoms with Gasteiger partial charge in [0, 0.05) is 12.8 Å². The van der Waals surface area contributed by atoms with Gasteiger partial charge >= 0.3 is 5.97 Å². The molecule has 0 aliphatic rings. The van der Waals surface area contributed by atoms with Crippen LogP contribution in [-0.4, -0.2) is 47.4 Å². The predicted octanol–water partition coefficient (Wildman–Crippen LogP) is 14.8. The average molecular weight is 794 g/mol. The van der Waals surface area contributed by atoms with E-state index in [4.69, 9.17) is 4.74 Å². The summed E-state index contributed by atoms with van der Waals surface area (Å²) < 4.78 is 5.47. The Morgan fingerprint density at radius 3 is 1.09 bits per heavy atom. The molecule has 6 nitrogen and oxygen atoms in total. The molecule has 2 unspecified atom stereocenters. The van der Waals surface area contributed by atoms with Gasteiger partial charge in [0.15, 0.2) is 0 Å². The molecular weight excluding hydrogens is 695 g/mol. The number of esters is 1. The second-order valence-electron chi connectivity index (χ2n) is 17.5. The largest absolute Gasteiger partial charge is 0.466 e. The first-order valence-corrected chi connectivity index (χ1v) is 25.3. The number of aliphatic hydroxyl groups is 2. The fourth-order valence-corrected chi connectivity index (χ4v) is 7.99. The number of hydrogen-bond donors (Lipinski definition) is 3. The van der Waals surface area contributed by atoms with Gasteiger partial charge in [0.25, 0.3) is 0 Å². The maximum Gasteiger partial charge on any atom is 0.305 e. The lowest BCUT2D eigenvalue weighted by atomic mass is 10.0. The minimum absolute atomic E-state index is 0.0143. The molecule has 0 aromatic heterocycles. The Morgan fingerprint density at radius 1 is 0.429 bits per heavy atom. The minimum atomic E-state index is -0.675. The summed E-state index contributed by atoms with van der Waals surface area (Å²) in [5.74, 6) is -0.0714. The second kappa shape index (κ2) is 46.5. The number of amides is 1. The number of rotatable bonds is 47. The van der Waals surface area contributed by atoms with E-state index in [9.17, 15) is 19.8 Å². The molecule has 334 valence electrons. The molecule has 0 heterocycles. The lowest BCUT2D eigenvalue weighted by molar-refractivity contribution is -0.143. The third-order valence-corrected chi connectivity index (χ3v) is 11.9. The quantitative estimate of drug-likeness (QED) is 0.0421. The van der Waals surface area contributed by atoms with Gasteiger partial charge in [0.1, 0.15) is 0 Å². The minimum Gasteiger partial charge on any atom is -0.466 e. The summed E-state index contributed by atoms with van der Waals surface area (Å²) in [4.78, 5) is 24.5. The normalized spacial score (nSPS) is 12.6. The first-order valence-electron chi connectivity index (χ1n) is 25.3. The van der Waals surface area contributed by atoms with Gasteiger partial charge in [-0.05, 0) is 25.7 Å². The molecule has 1 amide bonds. The zero-order valence-electron chi connectivity index (χ0n) is 37.9. The maximum absolute atomic E-state index is 12.4. The second-order valence-corrected chi connectivity index (χ2v) is 17.5.